The lowest BCUT2D eigenvalue weighted by molar-refractivity contribution is 0.0734. The molecule has 0 fully saturated rings. The number of hydrogen-bond acceptors (Lipinski definition) is 1. The lowest BCUT2D eigenvalue weighted by Crippen LogP contribution is -2.36. The molecule has 5 rings (SSSR count). The van der Waals surface area contributed by atoms with Gasteiger partial charge in [-0.05, 0) is 66.8 Å². The number of carbonyl (C=O) groups is 1. The second kappa shape index (κ2) is 8.33. The van der Waals surface area contributed by atoms with E-state index in [1.54, 1.807) is 0 Å². The number of fused-ring (bicyclic) bond motifs is 1. The number of halogens is 1. The Hall–Kier alpha value is -3.30. The second-order valence-electron chi connectivity index (χ2n) is 8.40. The number of amides is 1. The topological polar surface area (TPSA) is 25.2 Å². The number of para-hydroxylation sites is 1. The van der Waals surface area contributed by atoms with Crippen molar-refractivity contribution in [3.05, 3.63) is 112 Å². The standard InChI is InChI=1S/C28H25ClN2O/c1-19-7-3-6-10-26(19)31-20(2)25(17-27(31)22-11-13-24(29)14-12-22)28(32)30-16-15-21-8-4-5-9-23(21)18-30/h3-14,17H,15-16,18H2,1-2H3. The maximum absolute atomic E-state index is 13.7. The van der Waals surface area contributed by atoms with E-state index in [0.29, 0.717) is 11.6 Å². The van der Waals surface area contributed by atoms with Crippen LogP contribution in [0.1, 0.15) is 32.7 Å². The minimum absolute atomic E-state index is 0.0829. The maximum Gasteiger partial charge on any atom is 0.256 e. The lowest BCUT2D eigenvalue weighted by atomic mass is 9.99. The first-order chi connectivity index (χ1) is 15.5. The monoisotopic (exact) mass is 440 g/mol. The predicted octanol–water partition coefficient (Wildman–Crippen LogP) is 6.61. The zero-order valence-electron chi connectivity index (χ0n) is 18.3. The van der Waals surface area contributed by atoms with Gasteiger partial charge in [0.05, 0.1) is 11.3 Å². The van der Waals surface area contributed by atoms with Crippen LogP contribution in [0.25, 0.3) is 16.9 Å². The van der Waals surface area contributed by atoms with E-state index in [4.69, 9.17) is 11.6 Å². The number of nitrogens with zero attached hydrogens (tertiary/aromatic N) is 2. The molecule has 0 bridgehead atoms. The van der Waals surface area contributed by atoms with Gasteiger partial charge in [-0.3, -0.25) is 4.79 Å². The highest BCUT2D eigenvalue weighted by Gasteiger charge is 2.26. The number of carbonyl (C=O) groups excluding carboxylic acids is 1. The molecule has 1 aromatic heterocycles. The van der Waals surface area contributed by atoms with Crippen molar-refractivity contribution in [1.29, 1.82) is 0 Å². The minimum Gasteiger partial charge on any atom is -0.334 e. The maximum atomic E-state index is 13.7. The molecule has 0 spiro atoms. The Morgan fingerprint density at radius 3 is 2.31 bits per heavy atom. The molecule has 3 aromatic carbocycles. The van der Waals surface area contributed by atoms with Crippen molar-refractivity contribution in [1.82, 2.24) is 9.47 Å². The molecule has 0 N–H and O–H groups in total. The molecule has 2 heterocycles. The third-order valence-electron chi connectivity index (χ3n) is 6.39. The number of aryl methyl sites for hydroxylation is 1. The van der Waals surface area contributed by atoms with Crippen molar-refractivity contribution in [2.24, 2.45) is 0 Å². The van der Waals surface area contributed by atoms with Crippen molar-refractivity contribution in [2.75, 3.05) is 6.54 Å². The number of hydrogen-bond donors (Lipinski definition) is 0. The summed E-state index contributed by atoms with van der Waals surface area (Å²) >= 11 is 6.14. The summed E-state index contributed by atoms with van der Waals surface area (Å²) in [5, 5.41) is 0.697. The average molecular weight is 441 g/mol. The summed E-state index contributed by atoms with van der Waals surface area (Å²) in [6.45, 7) is 5.53. The fraction of sp³-hybridized carbons (Fsp3) is 0.179. The molecule has 0 unspecified atom stereocenters. The van der Waals surface area contributed by atoms with Gasteiger partial charge in [0.15, 0.2) is 0 Å². The Labute approximate surface area is 193 Å². The summed E-state index contributed by atoms with van der Waals surface area (Å²) in [7, 11) is 0. The smallest absolute Gasteiger partial charge is 0.256 e. The molecule has 0 saturated heterocycles. The first-order valence-electron chi connectivity index (χ1n) is 10.9. The summed E-state index contributed by atoms with van der Waals surface area (Å²) in [5.74, 6) is 0.0829. The summed E-state index contributed by atoms with van der Waals surface area (Å²) < 4.78 is 2.20. The van der Waals surface area contributed by atoms with Crippen LogP contribution < -0.4 is 0 Å². The van der Waals surface area contributed by atoms with E-state index in [0.717, 1.165) is 46.7 Å². The molecule has 1 amide bonds. The summed E-state index contributed by atoms with van der Waals surface area (Å²) in [6.07, 6.45) is 0.892. The highest BCUT2D eigenvalue weighted by Crippen LogP contribution is 2.33. The summed E-state index contributed by atoms with van der Waals surface area (Å²) in [5.41, 5.74) is 8.54. The van der Waals surface area contributed by atoms with Crippen LogP contribution >= 0.6 is 11.6 Å². The van der Waals surface area contributed by atoms with E-state index in [2.05, 4.69) is 41.8 Å². The van der Waals surface area contributed by atoms with Crippen LogP contribution in [0.3, 0.4) is 0 Å². The second-order valence-corrected chi connectivity index (χ2v) is 8.84. The van der Waals surface area contributed by atoms with Crippen LogP contribution in [0.15, 0.2) is 78.9 Å². The van der Waals surface area contributed by atoms with Gasteiger partial charge in [0, 0.05) is 29.5 Å². The zero-order chi connectivity index (χ0) is 22.2. The van der Waals surface area contributed by atoms with Gasteiger partial charge in [0.25, 0.3) is 5.91 Å². The fourth-order valence-corrected chi connectivity index (χ4v) is 4.75. The van der Waals surface area contributed by atoms with Gasteiger partial charge in [-0.25, -0.2) is 0 Å². The average Bonchev–Trinajstić information content (AvgIpc) is 3.16. The Morgan fingerprint density at radius 2 is 1.56 bits per heavy atom. The Bertz CT molecular complexity index is 1300. The molecule has 160 valence electrons. The molecule has 0 saturated carbocycles. The van der Waals surface area contributed by atoms with Gasteiger partial charge >= 0.3 is 0 Å². The van der Waals surface area contributed by atoms with E-state index < -0.39 is 0 Å². The molecule has 4 heteroatoms. The first-order valence-corrected chi connectivity index (χ1v) is 11.3. The number of aromatic nitrogens is 1. The van der Waals surface area contributed by atoms with Crippen molar-refractivity contribution >= 4 is 17.5 Å². The molecule has 3 nitrogen and oxygen atoms in total. The third-order valence-corrected chi connectivity index (χ3v) is 6.64. The number of rotatable bonds is 3. The molecule has 0 radical (unpaired) electrons. The highest BCUT2D eigenvalue weighted by atomic mass is 35.5. The molecule has 1 aliphatic heterocycles. The van der Waals surface area contributed by atoms with E-state index in [9.17, 15) is 4.79 Å². The Balaban J connectivity index is 1.61. The zero-order valence-corrected chi connectivity index (χ0v) is 19.1. The quantitative estimate of drug-likeness (QED) is 0.351. The van der Waals surface area contributed by atoms with Crippen molar-refractivity contribution in [3.8, 4) is 16.9 Å². The van der Waals surface area contributed by atoms with E-state index in [-0.39, 0.29) is 5.91 Å². The Kier molecular flexibility index (Phi) is 5.36. The predicted molar refractivity (Wildman–Crippen MR) is 131 cm³/mol. The molecule has 0 atom stereocenters. The van der Waals surface area contributed by atoms with Crippen molar-refractivity contribution in [3.63, 3.8) is 0 Å². The molecular formula is C28H25ClN2O. The van der Waals surface area contributed by atoms with E-state index >= 15 is 0 Å². The first kappa shape index (κ1) is 20.6. The van der Waals surface area contributed by atoms with Crippen LogP contribution in [0.5, 0.6) is 0 Å². The molecule has 4 aromatic rings. The van der Waals surface area contributed by atoms with Gasteiger partial charge in [-0.15, -0.1) is 0 Å². The van der Waals surface area contributed by atoms with Crippen LogP contribution in [-0.2, 0) is 13.0 Å². The van der Waals surface area contributed by atoms with Crippen molar-refractivity contribution < 1.29 is 4.79 Å². The van der Waals surface area contributed by atoms with E-state index in [1.807, 2.05) is 60.4 Å². The SMILES string of the molecule is Cc1ccccc1-n1c(-c2ccc(Cl)cc2)cc(C(=O)N2CCc3ccccc3C2)c1C. The normalized spacial score (nSPS) is 13.2. The van der Waals surface area contributed by atoms with E-state index in [1.165, 1.54) is 11.1 Å². The van der Waals surface area contributed by atoms with Gasteiger partial charge in [0.2, 0.25) is 0 Å². The van der Waals surface area contributed by atoms with Crippen molar-refractivity contribution in [2.45, 2.75) is 26.8 Å². The van der Waals surface area contributed by atoms with Crippen LogP contribution in [0, 0.1) is 13.8 Å². The molecule has 0 aliphatic carbocycles. The summed E-state index contributed by atoms with van der Waals surface area (Å²) in [6, 6.07) is 26.5. The fourth-order valence-electron chi connectivity index (χ4n) is 4.62. The minimum atomic E-state index is 0.0829. The van der Waals surface area contributed by atoms with Crippen LogP contribution in [-0.4, -0.2) is 21.9 Å². The summed E-state index contributed by atoms with van der Waals surface area (Å²) in [4.78, 5) is 15.7. The largest absolute Gasteiger partial charge is 0.334 e. The molecule has 32 heavy (non-hydrogen) atoms. The third kappa shape index (κ3) is 3.63. The van der Waals surface area contributed by atoms with Crippen LogP contribution in [0.2, 0.25) is 5.02 Å². The Morgan fingerprint density at radius 1 is 0.875 bits per heavy atom. The lowest BCUT2D eigenvalue weighted by Gasteiger charge is -2.29. The highest BCUT2D eigenvalue weighted by molar-refractivity contribution is 6.30. The molecule has 1 aliphatic rings. The van der Waals surface area contributed by atoms with Crippen LogP contribution in [0.4, 0.5) is 0 Å². The number of benzene rings is 3. The van der Waals surface area contributed by atoms with Gasteiger partial charge < -0.3 is 9.47 Å². The van der Waals surface area contributed by atoms with Gasteiger partial charge in [-0.2, -0.15) is 0 Å². The van der Waals surface area contributed by atoms with Gasteiger partial charge in [-0.1, -0.05) is 66.2 Å². The van der Waals surface area contributed by atoms with Gasteiger partial charge in [0.1, 0.15) is 0 Å². The molecular weight excluding hydrogens is 416 g/mol.